The molecule has 0 bridgehead atoms. The summed E-state index contributed by atoms with van der Waals surface area (Å²) in [5, 5.41) is 3.57. The Morgan fingerprint density at radius 2 is 1.94 bits per heavy atom. The zero-order chi connectivity index (χ0) is 13.7. The average molecular weight is 289 g/mol. The first kappa shape index (κ1) is 14.8. The van der Waals surface area contributed by atoms with E-state index in [1.807, 2.05) is 0 Å². The van der Waals surface area contributed by atoms with E-state index in [1.165, 1.54) is 18.7 Å². The molecule has 0 aliphatic rings. The molecule has 0 aliphatic heterocycles. The standard InChI is InChI=1S/C12H14Cl2N2O2/c1-8(17)15-5-6-16(9(2)18)12-7-10(13)3-4-11(12)14/h3-4,7H,5-6H2,1-2H3,(H,15,17). The van der Waals surface area contributed by atoms with E-state index in [0.29, 0.717) is 28.8 Å². The van der Waals surface area contributed by atoms with Crippen LogP contribution in [-0.4, -0.2) is 24.9 Å². The van der Waals surface area contributed by atoms with E-state index in [4.69, 9.17) is 23.2 Å². The number of halogens is 2. The van der Waals surface area contributed by atoms with Crippen LogP contribution in [0.25, 0.3) is 0 Å². The second kappa shape index (κ2) is 6.61. The van der Waals surface area contributed by atoms with Crippen molar-refractivity contribution < 1.29 is 9.59 Å². The van der Waals surface area contributed by atoms with Gasteiger partial charge in [-0.25, -0.2) is 0 Å². The molecule has 0 aliphatic carbocycles. The largest absolute Gasteiger partial charge is 0.355 e. The highest BCUT2D eigenvalue weighted by Crippen LogP contribution is 2.28. The molecule has 0 radical (unpaired) electrons. The Morgan fingerprint density at radius 3 is 2.50 bits per heavy atom. The topological polar surface area (TPSA) is 49.4 Å². The number of anilines is 1. The molecule has 4 nitrogen and oxygen atoms in total. The molecule has 98 valence electrons. The quantitative estimate of drug-likeness (QED) is 0.925. The normalized spacial score (nSPS) is 10.0. The van der Waals surface area contributed by atoms with Gasteiger partial charge in [0.15, 0.2) is 0 Å². The van der Waals surface area contributed by atoms with Crippen molar-refractivity contribution in [3.05, 3.63) is 28.2 Å². The molecule has 1 aromatic carbocycles. The van der Waals surface area contributed by atoms with Gasteiger partial charge in [0, 0.05) is 32.0 Å². The first-order chi connectivity index (χ1) is 8.41. The second-order valence-electron chi connectivity index (χ2n) is 3.75. The highest BCUT2D eigenvalue weighted by Gasteiger charge is 2.15. The van der Waals surface area contributed by atoms with Crippen LogP contribution in [0.4, 0.5) is 5.69 Å². The average Bonchev–Trinajstić information content (AvgIpc) is 2.27. The fraction of sp³-hybridized carbons (Fsp3) is 0.333. The monoisotopic (exact) mass is 288 g/mol. The number of rotatable bonds is 4. The molecule has 0 spiro atoms. The van der Waals surface area contributed by atoms with Crippen LogP contribution in [0.2, 0.25) is 10.0 Å². The summed E-state index contributed by atoms with van der Waals surface area (Å²) in [5.41, 5.74) is 0.544. The molecular formula is C12H14Cl2N2O2. The Bertz CT molecular complexity index is 463. The zero-order valence-electron chi connectivity index (χ0n) is 10.2. The number of carbonyl (C=O) groups is 2. The van der Waals surface area contributed by atoms with E-state index in [-0.39, 0.29) is 11.8 Å². The zero-order valence-corrected chi connectivity index (χ0v) is 11.7. The number of nitrogens with one attached hydrogen (secondary N) is 1. The maximum atomic E-state index is 11.6. The van der Waals surface area contributed by atoms with Crippen molar-refractivity contribution >= 4 is 40.7 Å². The van der Waals surface area contributed by atoms with Crippen LogP contribution >= 0.6 is 23.2 Å². The number of hydrogen-bond donors (Lipinski definition) is 1. The van der Waals surface area contributed by atoms with Gasteiger partial charge in [0.1, 0.15) is 0 Å². The summed E-state index contributed by atoms with van der Waals surface area (Å²) in [6.07, 6.45) is 0. The lowest BCUT2D eigenvalue weighted by molar-refractivity contribution is -0.119. The summed E-state index contributed by atoms with van der Waals surface area (Å²) in [6, 6.07) is 4.91. The maximum absolute atomic E-state index is 11.6. The molecule has 2 amide bonds. The molecule has 0 unspecified atom stereocenters. The fourth-order valence-electron chi connectivity index (χ4n) is 1.48. The van der Waals surface area contributed by atoms with Crippen LogP contribution in [0.1, 0.15) is 13.8 Å². The lowest BCUT2D eigenvalue weighted by Crippen LogP contribution is -2.37. The lowest BCUT2D eigenvalue weighted by atomic mass is 10.2. The van der Waals surface area contributed by atoms with Gasteiger partial charge in [-0.05, 0) is 18.2 Å². The number of carbonyl (C=O) groups excluding carboxylic acids is 2. The third kappa shape index (κ3) is 4.20. The van der Waals surface area contributed by atoms with Crippen LogP contribution in [0, 0.1) is 0 Å². The molecule has 1 aromatic rings. The van der Waals surface area contributed by atoms with E-state index in [2.05, 4.69) is 5.32 Å². The third-order valence-corrected chi connectivity index (χ3v) is 2.84. The van der Waals surface area contributed by atoms with Crippen molar-refractivity contribution in [2.24, 2.45) is 0 Å². The highest BCUT2D eigenvalue weighted by molar-refractivity contribution is 6.35. The van der Waals surface area contributed by atoms with Crippen LogP contribution in [0.5, 0.6) is 0 Å². The van der Waals surface area contributed by atoms with Crippen LogP contribution in [0.15, 0.2) is 18.2 Å². The van der Waals surface area contributed by atoms with Gasteiger partial charge in [-0.15, -0.1) is 0 Å². The lowest BCUT2D eigenvalue weighted by Gasteiger charge is -2.22. The van der Waals surface area contributed by atoms with E-state index < -0.39 is 0 Å². The molecule has 0 fully saturated rings. The van der Waals surface area contributed by atoms with Crippen molar-refractivity contribution in [1.29, 1.82) is 0 Å². The molecule has 18 heavy (non-hydrogen) atoms. The summed E-state index contributed by atoms with van der Waals surface area (Å²) in [5.74, 6) is -0.305. The van der Waals surface area contributed by atoms with E-state index in [1.54, 1.807) is 18.2 Å². The first-order valence-corrected chi connectivity index (χ1v) is 6.15. The van der Waals surface area contributed by atoms with Gasteiger partial charge >= 0.3 is 0 Å². The van der Waals surface area contributed by atoms with Crippen LogP contribution < -0.4 is 10.2 Å². The summed E-state index contributed by atoms with van der Waals surface area (Å²) in [4.78, 5) is 23.9. The fourth-order valence-corrected chi connectivity index (χ4v) is 1.87. The van der Waals surface area contributed by atoms with Crippen molar-refractivity contribution in [3.63, 3.8) is 0 Å². The minimum Gasteiger partial charge on any atom is -0.355 e. The predicted octanol–water partition coefficient (Wildman–Crippen LogP) is 2.48. The van der Waals surface area contributed by atoms with E-state index in [9.17, 15) is 9.59 Å². The van der Waals surface area contributed by atoms with Gasteiger partial charge in [-0.2, -0.15) is 0 Å². The maximum Gasteiger partial charge on any atom is 0.223 e. The molecule has 0 saturated heterocycles. The Kier molecular flexibility index (Phi) is 5.44. The molecule has 0 atom stereocenters. The SMILES string of the molecule is CC(=O)NCCN(C(C)=O)c1cc(Cl)ccc1Cl. The smallest absolute Gasteiger partial charge is 0.223 e. The molecule has 1 N–H and O–H groups in total. The molecule has 0 heterocycles. The van der Waals surface area contributed by atoms with Crippen LogP contribution in [-0.2, 0) is 9.59 Å². The van der Waals surface area contributed by atoms with Gasteiger partial charge in [0.25, 0.3) is 0 Å². The molecule has 0 saturated carbocycles. The summed E-state index contributed by atoms with van der Waals surface area (Å²) < 4.78 is 0. The number of benzene rings is 1. The Labute approximate surface area is 116 Å². The number of nitrogens with zero attached hydrogens (tertiary/aromatic N) is 1. The Balaban J connectivity index is 2.87. The van der Waals surface area contributed by atoms with Gasteiger partial charge in [-0.3, -0.25) is 9.59 Å². The van der Waals surface area contributed by atoms with Crippen molar-refractivity contribution in [2.75, 3.05) is 18.0 Å². The van der Waals surface area contributed by atoms with Gasteiger partial charge in [-0.1, -0.05) is 23.2 Å². The highest BCUT2D eigenvalue weighted by atomic mass is 35.5. The Hall–Kier alpha value is -1.26. The van der Waals surface area contributed by atoms with Crippen molar-refractivity contribution in [1.82, 2.24) is 5.32 Å². The summed E-state index contributed by atoms with van der Waals surface area (Å²) in [6.45, 7) is 3.56. The van der Waals surface area contributed by atoms with Crippen molar-refractivity contribution in [3.8, 4) is 0 Å². The minimum absolute atomic E-state index is 0.143. The number of amides is 2. The Morgan fingerprint density at radius 1 is 1.28 bits per heavy atom. The van der Waals surface area contributed by atoms with Gasteiger partial charge in [0.2, 0.25) is 11.8 Å². The summed E-state index contributed by atoms with van der Waals surface area (Å²) >= 11 is 11.9. The minimum atomic E-state index is -0.162. The first-order valence-electron chi connectivity index (χ1n) is 5.39. The third-order valence-electron chi connectivity index (χ3n) is 2.29. The van der Waals surface area contributed by atoms with Crippen molar-refractivity contribution in [2.45, 2.75) is 13.8 Å². The van der Waals surface area contributed by atoms with Gasteiger partial charge < -0.3 is 10.2 Å². The number of hydrogen-bond acceptors (Lipinski definition) is 2. The van der Waals surface area contributed by atoms with E-state index in [0.717, 1.165) is 0 Å². The molecule has 6 heteroatoms. The van der Waals surface area contributed by atoms with Crippen LogP contribution in [0.3, 0.4) is 0 Å². The molecule has 0 aromatic heterocycles. The predicted molar refractivity (Wildman–Crippen MR) is 73.2 cm³/mol. The summed E-state index contributed by atoms with van der Waals surface area (Å²) in [7, 11) is 0. The van der Waals surface area contributed by atoms with Gasteiger partial charge in [0.05, 0.1) is 10.7 Å². The van der Waals surface area contributed by atoms with E-state index >= 15 is 0 Å². The molecular weight excluding hydrogens is 275 g/mol. The molecule has 1 rings (SSSR count). The second-order valence-corrected chi connectivity index (χ2v) is 4.59.